The molecule has 13 atom stereocenters. The summed E-state index contributed by atoms with van der Waals surface area (Å²) < 4.78 is 31.0. The molecule has 0 aliphatic carbocycles. The predicted octanol–water partition coefficient (Wildman–Crippen LogP) is 3.90. The molecule has 25 heteroatoms. The molecule has 23 nitrogen and oxygen atoms in total. The molecule has 504 valence electrons. The number of carbonyl (C=O) groups is 11. The molecular weight excluding hydrogens is 1140 g/mol. The van der Waals surface area contributed by atoms with Gasteiger partial charge in [0.25, 0.3) is 12.3 Å². The fourth-order valence-corrected chi connectivity index (χ4v) is 11.0. The molecule has 0 unspecified atom stereocenters. The number of allylic oxidation sites excluding steroid dienone is 2. The Labute approximate surface area is 523 Å². The summed E-state index contributed by atoms with van der Waals surface area (Å²) in [4.78, 5) is 168. The average molecular weight is 1250 g/mol. The van der Waals surface area contributed by atoms with Gasteiger partial charge < -0.3 is 60.7 Å². The van der Waals surface area contributed by atoms with Crippen LogP contribution < -0.4 is 21.3 Å². The summed E-state index contributed by atoms with van der Waals surface area (Å²) in [6.45, 7) is 28.7. The summed E-state index contributed by atoms with van der Waals surface area (Å²) in [7, 11) is 8.91. The molecule has 0 saturated carbocycles. The first-order valence-electron chi connectivity index (χ1n) is 31.2. The highest BCUT2D eigenvalue weighted by molar-refractivity contribution is 6.00. The molecule has 1 aliphatic heterocycles. The Morgan fingerprint density at radius 2 is 0.807 bits per heavy atom. The molecule has 0 aromatic heterocycles. The van der Waals surface area contributed by atoms with Crippen molar-refractivity contribution in [3.8, 4) is 0 Å². The first-order valence-corrected chi connectivity index (χ1v) is 31.2. The third kappa shape index (κ3) is 21.5. The van der Waals surface area contributed by atoms with Crippen molar-refractivity contribution in [3.63, 3.8) is 0 Å². The molecule has 0 aromatic rings. The van der Waals surface area contributed by atoms with Crippen molar-refractivity contribution in [1.29, 1.82) is 0 Å². The van der Waals surface area contributed by atoms with Crippen LogP contribution in [0.1, 0.15) is 156 Å². The molecule has 1 heterocycles. The van der Waals surface area contributed by atoms with E-state index in [0.717, 1.165) is 28.8 Å². The van der Waals surface area contributed by atoms with E-state index in [9.17, 15) is 48.3 Å². The topological polar surface area (TPSA) is 279 Å². The highest BCUT2D eigenvalue weighted by Gasteiger charge is 2.47. The largest absolute Gasteiger partial charge is 0.390 e. The molecule has 5 N–H and O–H groups in total. The lowest BCUT2D eigenvalue weighted by atomic mass is 9.91. The second-order valence-electron chi connectivity index (χ2n) is 26.6. The van der Waals surface area contributed by atoms with Gasteiger partial charge in [-0.05, 0) is 101 Å². The second-order valence-corrected chi connectivity index (χ2v) is 26.6. The van der Waals surface area contributed by atoms with E-state index in [1.54, 1.807) is 67.5 Å². The van der Waals surface area contributed by atoms with Gasteiger partial charge in [0.15, 0.2) is 6.04 Å². The van der Waals surface area contributed by atoms with Gasteiger partial charge in [0.2, 0.25) is 59.1 Å². The Morgan fingerprint density at radius 1 is 0.432 bits per heavy atom. The van der Waals surface area contributed by atoms with Gasteiger partial charge in [0.1, 0.15) is 60.4 Å². The zero-order valence-corrected chi connectivity index (χ0v) is 57.3. The molecule has 1 aliphatic rings. The molecule has 88 heavy (non-hydrogen) atoms. The van der Waals surface area contributed by atoms with Crippen LogP contribution in [0.3, 0.4) is 0 Å². The van der Waals surface area contributed by atoms with Crippen molar-refractivity contribution in [2.75, 3.05) is 49.3 Å². The van der Waals surface area contributed by atoms with Gasteiger partial charge in [-0.25, -0.2) is 8.78 Å². The van der Waals surface area contributed by atoms with Gasteiger partial charge in [-0.15, -0.1) is 0 Å². The van der Waals surface area contributed by atoms with E-state index in [4.69, 9.17) is 0 Å². The minimum absolute atomic E-state index is 0.0869. The molecule has 0 spiro atoms. The normalized spacial score (nSPS) is 27.3. The zero-order valence-electron chi connectivity index (χ0n) is 57.3. The van der Waals surface area contributed by atoms with Crippen LogP contribution >= 0.6 is 0 Å². The highest BCUT2D eigenvalue weighted by Crippen LogP contribution is 2.26. The Kier molecular flexibility index (Phi) is 32.4. The number of aliphatic hydroxyl groups is 1. The number of carbonyl (C=O) groups excluding carboxylic acids is 11. The third-order valence-electron chi connectivity index (χ3n) is 16.5. The van der Waals surface area contributed by atoms with Crippen LogP contribution in [0.15, 0.2) is 12.2 Å². The lowest BCUT2D eigenvalue weighted by molar-refractivity contribution is -0.158. The smallest absolute Gasteiger partial charge is 0.267 e. The Hall–Kier alpha value is -6.27. The van der Waals surface area contributed by atoms with E-state index < -0.39 is 162 Å². The Bertz CT molecular complexity index is 2420. The van der Waals surface area contributed by atoms with Gasteiger partial charge in [-0.2, -0.15) is 0 Å². The van der Waals surface area contributed by atoms with E-state index in [-0.39, 0.29) is 62.2 Å². The van der Waals surface area contributed by atoms with Crippen LogP contribution in [0.2, 0.25) is 0 Å². The monoisotopic (exact) mass is 1250 g/mol. The number of alkyl halides is 2. The molecule has 0 radical (unpaired) electrons. The Balaban J connectivity index is 4.46. The maximum atomic E-state index is 15.5. The summed E-state index contributed by atoms with van der Waals surface area (Å²) in [6.07, 6.45) is -1.51. The zero-order chi connectivity index (χ0) is 68.4. The molecule has 11 amide bonds. The molecule has 0 aromatic carbocycles. The molecule has 1 fully saturated rings. The number of hydrogen-bond acceptors (Lipinski definition) is 12. The average Bonchev–Trinajstić information content (AvgIpc) is 2.37. The summed E-state index contributed by atoms with van der Waals surface area (Å²) in [5.74, 6) is -12.5. The van der Waals surface area contributed by atoms with Gasteiger partial charge >= 0.3 is 0 Å². The summed E-state index contributed by atoms with van der Waals surface area (Å²) in [5.41, 5.74) is 0. The van der Waals surface area contributed by atoms with Crippen LogP contribution in [0, 0.1) is 41.4 Å². The van der Waals surface area contributed by atoms with Gasteiger partial charge in [0.05, 0.1) is 6.10 Å². The third-order valence-corrected chi connectivity index (χ3v) is 16.5. The maximum absolute atomic E-state index is 15.5. The van der Waals surface area contributed by atoms with E-state index in [1.807, 2.05) is 41.5 Å². The second kappa shape index (κ2) is 35.8. The number of amides is 11. The van der Waals surface area contributed by atoms with Gasteiger partial charge in [0, 0.05) is 49.3 Å². The maximum Gasteiger partial charge on any atom is 0.267 e. The number of rotatable bonds is 16. The van der Waals surface area contributed by atoms with E-state index in [2.05, 4.69) is 21.3 Å². The van der Waals surface area contributed by atoms with Crippen molar-refractivity contribution in [2.24, 2.45) is 41.4 Å². The predicted molar refractivity (Wildman–Crippen MR) is 333 cm³/mol. The first kappa shape index (κ1) is 79.7. The quantitative estimate of drug-likeness (QED) is 0.138. The van der Waals surface area contributed by atoms with Gasteiger partial charge in [-0.1, -0.05) is 109 Å². The van der Waals surface area contributed by atoms with Crippen molar-refractivity contribution in [3.05, 3.63) is 12.2 Å². The highest BCUT2D eigenvalue weighted by atomic mass is 19.3. The molecule has 1 rings (SSSR count). The Morgan fingerprint density at radius 3 is 1.23 bits per heavy atom. The molecular formula is C63H111F2N11O12. The van der Waals surface area contributed by atoms with E-state index in [0.29, 0.717) is 4.90 Å². The fourth-order valence-electron chi connectivity index (χ4n) is 11.0. The van der Waals surface area contributed by atoms with E-state index >= 15 is 18.4 Å². The van der Waals surface area contributed by atoms with Crippen molar-refractivity contribution in [2.45, 2.75) is 235 Å². The fraction of sp³-hybridized carbons (Fsp3) is 0.794. The first-order chi connectivity index (χ1) is 40.5. The lowest BCUT2D eigenvalue weighted by Gasteiger charge is -2.41. The number of nitrogens with one attached hydrogen (secondary N) is 4. The standard InChI is InChI=1S/C63H111F2N11O12/c1-25-27-28-39(15)51(77)49-56(81)68-42(26-2)58(83)76(24)50(52(64)65)63(88)71(19)44(30-34(5)6)55(80)69-47(37(11)12)61(86)70(18)43(29-33(3)4)54(79)66-40(16)53(78)67-41(17)57(82)72(20)45(31-35(7)8)59(84)73(21)46(32-36(9)10)60(85)74(22)48(38(13)14)62(87)75(49)23/h25,27,33-52,77H,26,28-32H2,1-24H3,(H,66,79)(H,67,78)(H,68,81)(H,69,80)/b27-25+/t39-,40+,41-,42+,43+,44+,45+,46+,47+,48+,49+,50-,51-/m1/s1. The lowest BCUT2D eigenvalue weighted by Crippen LogP contribution is -2.64. The van der Waals surface area contributed by atoms with E-state index in [1.165, 1.54) is 70.7 Å². The number of aliphatic hydroxyl groups excluding tert-OH is 1. The van der Waals surface area contributed by atoms with Crippen LogP contribution in [0.4, 0.5) is 8.78 Å². The van der Waals surface area contributed by atoms with Gasteiger partial charge in [-0.3, -0.25) is 52.7 Å². The number of halogens is 2. The van der Waals surface area contributed by atoms with Crippen molar-refractivity contribution in [1.82, 2.24) is 55.6 Å². The summed E-state index contributed by atoms with van der Waals surface area (Å²) >= 11 is 0. The SMILES string of the molecule is C/C=C/C[C@@H](C)[C@@H](O)[C@H]1C(=O)N[C@@H](CC)C(=O)N(C)[C@H](C(F)F)C(=O)N(C)[C@@H](CC(C)C)C(=O)N[C@@H](C(C)C)C(=O)N(C)[C@@H](CC(C)C)C(=O)N[C@@H](C)C(=O)N[C@H](C)C(=O)N(C)[C@@H](CC(C)C)C(=O)N(C)[C@@H](CC(C)C)C(=O)N(C)[C@@H](C(C)C)C(=O)N1C. The van der Waals surface area contributed by atoms with Crippen LogP contribution in [0.25, 0.3) is 0 Å². The summed E-state index contributed by atoms with van der Waals surface area (Å²) in [5, 5.41) is 22.7. The number of hydrogen-bond donors (Lipinski definition) is 5. The number of nitrogens with zero attached hydrogens (tertiary/aromatic N) is 7. The minimum atomic E-state index is -3.55. The summed E-state index contributed by atoms with van der Waals surface area (Å²) in [6, 6.07) is -16.3. The van der Waals surface area contributed by atoms with Crippen molar-refractivity contribution >= 4 is 65.0 Å². The molecule has 0 bridgehead atoms. The minimum Gasteiger partial charge on any atom is -0.390 e. The van der Waals surface area contributed by atoms with Crippen LogP contribution in [-0.2, 0) is 52.7 Å². The number of likely N-dealkylation sites (N-methyl/N-ethyl adjacent to an activating group) is 7. The van der Waals surface area contributed by atoms with Crippen LogP contribution in [-0.4, -0.2) is 233 Å². The molecule has 1 saturated heterocycles. The van der Waals surface area contributed by atoms with Crippen molar-refractivity contribution < 1.29 is 66.6 Å². The van der Waals surface area contributed by atoms with Crippen LogP contribution in [0.5, 0.6) is 0 Å².